The van der Waals surface area contributed by atoms with Crippen LogP contribution in [-0.4, -0.2) is 48.3 Å². The van der Waals surface area contributed by atoms with Gasteiger partial charge in [-0.05, 0) is 43.2 Å². The topological polar surface area (TPSA) is 60.9 Å². The summed E-state index contributed by atoms with van der Waals surface area (Å²) in [6.45, 7) is 1.24. The first kappa shape index (κ1) is 26.2. The second kappa shape index (κ2) is 10.8. The predicted molar refractivity (Wildman–Crippen MR) is 131 cm³/mol. The molecule has 1 atom stereocenters. The molecule has 38 heavy (non-hydrogen) atoms. The molecular weight excluding hydrogens is 528 g/mol. The van der Waals surface area contributed by atoms with Crippen molar-refractivity contribution in [2.24, 2.45) is 0 Å². The summed E-state index contributed by atoms with van der Waals surface area (Å²) in [5, 5.41) is -0.196. The zero-order valence-corrected chi connectivity index (χ0v) is 20.8. The van der Waals surface area contributed by atoms with Gasteiger partial charge in [0.1, 0.15) is 19.0 Å². The highest BCUT2D eigenvalue weighted by molar-refractivity contribution is 6.33. The highest BCUT2D eigenvalue weighted by Gasteiger charge is 2.32. The maximum atomic E-state index is 14.3. The molecule has 2 aromatic carbocycles. The number of carbonyl (C=O) groups excluding carboxylic acids is 1. The van der Waals surface area contributed by atoms with Gasteiger partial charge in [0.25, 0.3) is 5.91 Å². The fourth-order valence-electron chi connectivity index (χ4n) is 4.47. The van der Waals surface area contributed by atoms with Crippen molar-refractivity contribution in [1.29, 1.82) is 0 Å². The van der Waals surface area contributed by atoms with Gasteiger partial charge in [0, 0.05) is 30.5 Å². The summed E-state index contributed by atoms with van der Waals surface area (Å²) >= 11 is 6.23. The van der Waals surface area contributed by atoms with Gasteiger partial charge in [-0.1, -0.05) is 23.7 Å². The van der Waals surface area contributed by atoms with Crippen LogP contribution in [0.2, 0.25) is 5.02 Å². The number of hydrogen-bond acceptors (Lipinski definition) is 5. The number of ether oxygens (including phenoxy) is 3. The third-order valence-corrected chi connectivity index (χ3v) is 6.67. The van der Waals surface area contributed by atoms with E-state index in [4.69, 9.17) is 25.8 Å². The third kappa shape index (κ3) is 5.56. The molecule has 1 amide bonds. The van der Waals surface area contributed by atoms with Gasteiger partial charge in [0.15, 0.2) is 11.5 Å². The first-order chi connectivity index (χ1) is 18.2. The third-order valence-electron chi connectivity index (χ3n) is 6.38. The molecule has 0 bridgehead atoms. The summed E-state index contributed by atoms with van der Waals surface area (Å²) in [5.74, 6) is -0.444. The quantitative estimate of drug-likeness (QED) is 0.357. The molecule has 3 heterocycles. The molecule has 1 saturated heterocycles. The van der Waals surface area contributed by atoms with Crippen molar-refractivity contribution < 1.29 is 36.6 Å². The van der Waals surface area contributed by atoms with Crippen LogP contribution in [0.25, 0.3) is 11.3 Å². The minimum absolute atomic E-state index is 0.0465. The number of aromatic nitrogens is 1. The van der Waals surface area contributed by atoms with Gasteiger partial charge in [-0.2, -0.15) is 13.2 Å². The second-order valence-corrected chi connectivity index (χ2v) is 9.42. The number of carbonyl (C=O) groups is 1. The van der Waals surface area contributed by atoms with E-state index in [9.17, 15) is 22.4 Å². The van der Waals surface area contributed by atoms with Crippen molar-refractivity contribution in [3.8, 4) is 22.8 Å². The van der Waals surface area contributed by atoms with Crippen LogP contribution in [-0.2, 0) is 17.5 Å². The molecular formula is C27H23ClF4N2O4. The number of benzene rings is 2. The molecule has 2 aliphatic rings. The van der Waals surface area contributed by atoms with Gasteiger partial charge in [-0.3, -0.25) is 9.78 Å². The van der Waals surface area contributed by atoms with Crippen molar-refractivity contribution in [1.82, 2.24) is 9.88 Å². The van der Waals surface area contributed by atoms with Gasteiger partial charge < -0.3 is 19.1 Å². The maximum Gasteiger partial charge on any atom is 0.417 e. The number of halogens is 5. The molecule has 0 saturated carbocycles. The Morgan fingerprint density at radius 3 is 2.71 bits per heavy atom. The van der Waals surface area contributed by atoms with Crippen molar-refractivity contribution in [2.45, 2.75) is 31.7 Å². The van der Waals surface area contributed by atoms with Crippen LogP contribution in [0.4, 0.5) is 17.6 Å². The number of hydrogen-bond donors (Lipinski definition) is 0. The zero-order chi connectivity index (χ0) is 26.9. The molecule has 2 aliphatic heterocycles. The standard InChI is InChI=1S/C27H23ClF4N2O4/c28-21-12-18(27(30,31)32)13-33-24(21)16-10-17-14-34(26(35)20-5-1-2-6-22(20)29)7-9-37-25(17)23(11-16)38-15-19-4-3-8-36-19/h1-2,5-6,10-13,19H,3-4,7-9,14-15H2/t19-/m1/s1. The Hall–Kier alpha value is -3.37. The van der Waals surface area contributed by atoms with E-state index in [0.717, 1.165) is 18.9 Å². The van der Waals surface area contributed by atoms with E-state index in [1.165, 1.54) is 23.1 Å². The number of fused-ring (bicyclic) bond motifs is 1. The van der Waals surface area contributed by atoms with Crippen molar-refractivity contribution in [2.75, 3.05) is 26.4 Å². The first-order valence-corrected chi connectivity index (χ1v) is 12.4. The molecule has 3 aromatic rings. The van der Waals surface area contributed by atoms with Crippen LogP contribution in [0.1, 0.15) is 34.3 Å². The van der Waals surface area contributed by atoms with E-state index in [1.54, 1.807) is 18.2 Å². The number of alkyl halides is 3. The molecule has 1 aromatic heterocycles. The lowest BCUT2D eigenvalue weighted by atomic mass is 10.0. The van der Waals surface area contributed by atoms with Crippen LogP contribution in [0, 0.1) is 5.82 Å². The number of amides is 1. The second-order valence-electron chi connectivity index (χ2n) is 9.02. The maximum absolute atomic E-state index is 14.3. The Bertz CT molecular complexity index is 1350. The van der Waals surface area contributed by atoms with Crippen LogP contribution in [0.15, 0.2) is 48.7 Å². The Morgan fingerprint density at radius 1 is 1.18 bits per heavy atom. The molecule has 0 spiro atoms. The fraction of sp³-hybridized carbons (Fsp3) is 0.333. The Morgan fingerprint density at radius 2 is 2.00 bits per heavy atom. The van der Waals surface area contributed by atoms with Crippen LogP contribution < -0.4 is 9.47 Å². The summed E-state index contributed by atoms with van der Waals surface area (Å²) < 4.78 is 71.5. The van der Waals surface area contributed by atoms with E-state index in [2.05, 4.69) is 4.98 Å². The van der Waals surface area contributed by atoms with Crippen LogP contribution >= 0.6 is 11.6 Å². The monoisotopic (exact) mass is 550 g/mol. The molecule has 0 radical (unpaired) electrons. The minimum Gasteiger partial charge on any atom is -0.487 e. The molecule has 11 heteroatoms. The average Bonchev–Trinajstić information content (AvgIpc) is 3.31. The summed E-state index contributed by atoms with van der Waals surface area (Å²) in [4.78, 5) is 18.6. The molecule has 0 aliphatic carbocycles. The summed E-state index contributed by atoms with van der Waals surface area (Å²) in [7, 11) is 0. The Kier molecular flexibility index (Phi) is 7.45. The molecule has 0 unspecified atom stereocenters. The summed E-state index contributed by atoms with van der Waals surface area (Å²) in [6, 6.07) is 9.74. The van der Waals surface area contributed by atoms with E-state index >= 15 is 0 Å². The Balaban J connectivity index is 1.53. The van der Waals surface area contributed by atoms with Crippen LogP contribution in [0.5, 0.6) is 11.5 Å². The first-order valence-electron chi connectivity index (χ1n) is 12.0. The zero-order valence-electron chi connectivity index (χ0n) is 20.1. The van der Waals surface area contributed by atoms with Crippen molar-refractivity contribution in [3.63, 3.8) is 0 Å². The molecule has 6 nitrogen and oxygen atoms in total. The molecule has 0 N–H and O–H groups in total. The highest BCUT2D eigenvalue weighted by atomic mass is 35.5. The van der Waals surface area contributed by atoms with Gasteiger partial charge in [-0.25, -0.2) is 4.39 Å². The highest BCUT2D eigenvalue weighted by Crippen LogP contribution is 2.41. The van der Waals surface area contributed by atoms with E-state index in [-0.39, 0.29) is 48.7 Å². The van der Waals surface area contributed by atoms with Gasteiger partial charge >= 0.3 is 6.18 Å². The van der Waals surface area contributed by atoms with E-state index in [0.29, 0.717) is 35.4 Å². The Labute approximate surface area is 221 Å². The van der Waals surface area contributed by atoms with Crippen molar-refractivity contribution >= 4 is 17.5 Å². The smallest absolute Gasteiger partial charge is 0.417 e. The van der Waals surface area contributed by atoms with Gasteiger partial charge in [-0.15, -0.1) is 0 Å². The number of rotatable bonds is 5. The van der Waals surface area contributed by atoms with Gasteiger partial charge in [0.05, 0.1) is 34.5 Å². The average molecular weight is 551 g/mol. The van der Waals surface area contributed by atoms with Crippen LogP contribution in [0.3, 0.4) is 0 Å². The molecule has 200 valence electrons. The summed E-state index contributed by atoms with van der Waals surface area (Å²) in [6.07, 6.45) is -2.24. The lowest BCUT2D eigenvalue weighted by Crippen LogP contribution is -2.33. The molecule has 1 fully saturated rings. The minimum atomic E-state index is -4.60. The SMILES string of the molecule is O=C(c1ccccc1F)N1CCOc2c(cc(-c3ncc(C(F)(F)F)cc3Cl)cc2OC[C@H]2CCCO2)C1. The normalized spacial score (nSPS) is 17.5. The predicted octanol–water partition coefficient (Wildman–Crippen LogP) is 6.15. The van der Waals surface area contributed by atoms with E-state index < -0.39 is 23.5 Å². The van der Waals surface area contributed by atoms with E-state index in [1.807, 2.05) is 0 Å². The summed E-state index contributed by atoms with van der Waals surface area (Å²) in [5.41, 5.74) is -0.0330. The lowest BCUT2D eigenvalue weighted by Gasteiger charge is -2.21. The number of pyridine rings is 1. The number of nitrogens with zero attached hydrogens (tertiary/aromatic N) is 2. The van der Waals surface area contributed by atoms with Gasteiger partial charge in [0.2, 0.25) is 0 Å². The molecule has 5 rings (SSSR count). The lowest BCUT2D eigenvalue weighted by molar-refractivity contribution is -0.137. The van der Waals surface area contributed by atoms with Crippen molar-refractivity contribution in [3.05, 3.63) is 76.2 Å². The largest absolute Gasteiger partial charge is 0.487 e. The fourth-order valence-corrected chi connectivity index (χ4v) is 4.75.